The van der Waals surface area contributed by atoms with Gasteiger partial charge in [-0.25, -0.2) is 14.6 Å². The van der Waals surface area contributed by atoms with E-state index in [9.17, 15) is 0 Å². The normalized spacial score (nSPS) is 10.4. The van der Waals surface area contributed by atoms with Gasteiger partial charge in [0.1, 0.15) is 12.1 Å². The molecule has 0 fully saturated rings. The Morgan fingerprint density at radius 2 is 2.10 bits per heavy atom. The summed E-state index contributed by atoms with van der Waals surface area (Å²) in [4.78, 5) is 8.14. The molecule has 0 atom stereocenters. The van der Waals surface area contributed by atoms with E-state index in [1.54, 1.807) is 12.4 Å². The second-order valence-electron chi connectivity index (χ2n) is 4.15. The number of rotatable bonds is 4. The number of aromatic nitrogens is 4. The Morgan fingerprint density at radius 3 is 2.90 bits per heavy atom. The molecule has 100 valence electrons. The topological polar surface area (TPSA) is 55.6 Å². The average Bonchev–Trinajstić information content (AvgIpc) is 3.01. The van der Waals surface area contributed by atoms with Gasteiger partial charge in [0, 0.05) is 25.1 Å². The predicted molar refractivity (Wildman–Crippen MR) is 80.6 cm³/mol. The Kier molecular flexibility index (Phi) is 3.73. The quantitative estimate of drug-likeness (QED) is 0.799. The summed E-state index contributed by atoms with van der Waals surface area (Å²) in [6, 6.07) is 10.0. The summed E-state index contributed by atoms with van der Waals surface area (Å²) in [6.45, 7) is 0.658. The molecule has 20 heavy (non-hydrogen) atoms. The highest BCUT2D eigenvalue weighted by atomic mass is 79.9. The van der Waals surface area contributed by atoms with E-state index in [0.29, 0.717) is 6.54 Å². The second kappa shape index (κ2) is 5.83. The highest BCUT2D eigenvalue weighted by Crippen LogP contribution is 2.19. The molecular formula is C14H12BrN5. The molecule has 3 rings (SSSR count). The molecular weight excluding hydrogens is 318 g/mol. The molecule has 0 unspecified atom stereocenters. The first-order valence-electron chi connectivity index (χ1n) is 6.12. The van der Waals surface area contributed by atoms with Crippen molar-refractivity contribution in [1.82, 2.24) is 19.7 Å². The van der Waals surface area contributed by atoms with E-state index in [4.69, 9.17) is 0 Å². The molecule has 2 heterocycles. The molecule has 1 N–H and O–H groups in total. The molecule has 0 aliphatic carbocycles. The van der Waals surface area contributed by atoms with E-state index in [-0.39, 0.29) is 0 Å². The summed E-state index contributed by atoms with van der Waals surface area (Å²) >= 11 is 3.42. The van der Waals surface area contributed by atoms with Crippen LogP contribution >= 0.6 is 15.9 Å². The number of halogens is 1. The van der Waals surface area contributed by atoms with Crippen molar-refractivity contribution in [2.45, 2.75) is 6.54 Å². The maximum absolute atomic E-state index is 4.27. The molecule has 1 aromatic carbocycles. The lowest BCUT2D eigenvalue weighted by molar-refractivity contribution is 0.863. The summed E-state index contributed by atoms with van der Waals surface area (Å²) in [5.74, 6) is 0.773. The van der Waals surface area contributed by atoms with Crippen LogP contribution in [0.3, 0.4) is 0 Å². The maximum Gasteiger partial charge on any atom is 0.144 e. The van der Waals surface area contributed by atoms with E-state index in [2.05, 4.69) is 42.4 Å². The summed E-state index contributed by atoms with van der Waals surface area (Å²) in [7, 11) is 0. The third kappa shape index (κ3) is 2.70. The molecule has 0 spiro atoms. The van der Waals surface area contributed by atoms with E-state index in [0.717, 1.165) is 21.5 Å². The number of para-hydroxylation sites is 1. The minimum atomic E-state index is 0.658. The van der Waals surface area contributed by atoms with Crippen molar-refractivity contribution in [2.75, 3.05) is 5.32 Å². The molecule has 6 heteroatoms. The Balaban J connectivity index is 1.84. The van der Waals surface area contributed by atoms with Crippen LogP contribution in [-0.2, 0) is 6.54 Å². The van der Waals surface area contributed by atoms with E-state index in [1.165, 1.54) is 6.33 Å². The van der Waals surface area contributed by atoms with Gasteiger partial charge in [-0.15, -0.1) is 0 Å². The lowest BCUT2D eigenvalue weighted by atomic mass is 10.2. The molecule has 2 aromatic heterocycles. The van der Waals surface area contributed by atoms with Crippen molar-refractivity contribution in [3.8, 4) is 5.69 Å². The molecule has 0 aliphatic heterocycles. The van der Waals surface area contributed by atoms with Gasteiger partial charge < -0.3 is 5.32 Å². The number of nitrogens with zero attached hydrogens (tertiary/aromatic N) is 4. The molecule has 3 aromatic rings. The van der Waals surface area contributed by atoms with Crippen molar-refractivity contribution in [2.24, 2.45) is 0 Å². The third-order valence-corrected chi connectivity index (χ3v) is 3.44. The largest absolute Gasteiger partial charge is 0.365 e. The van der Waals surface area contributed by atoms with Crippen molar-refractivity contribution in [3.63, 3.8) is 0 Å². The SMILES string of the molecule is Brc1cncnc1NCc1ccccc1-n1cccn1. The van der Waals surface area contributed by atoms with Gasteiger partial charge in [-0.3, -0.25) is 0 Å². The molecule has 5 nitrogen and oxygen atoms in total. The minimum absolute atomic E-state index is 0.658. The van der Waals surface area contributed by atoms with Gasteiger partial charge in [0.15, 0.2) is 0 Å². The zero-order chi connectivity index (χ0) is 13.8. The molecule has 0 saturated carbocycles. The second-order valence-corrected chi connectivity index (χ2v) is 5.01. The fourth-order valence-electron chi connectivity index (χ4n) is 1.92. The van der Waals surface area contributed by atoms with Crippen molar-refractivity contribution in [3.05, 3.63) is 65.3 Å². The number of anilines is 1. The van der Waals surface area contributed by atoms with Crippen LogP contribution in [0.1, 0.15) is 5.56 Å². The van der Waals surface area contributed by atoms with Gasteiger partial charge in [0.05, 0.1) is 10.2 Å². The van der Waals surface area contributed by atoms with Crippen molar-refractivity contribution in [1.29, 1.82) is 0 Å². The fraction of sp³-hybridized carbons (Fsp3) is 0.0714. The monoisotopic (exact) mass is 329 g/mol. The Morgan fingerprint density at radius 1 is 1.20 bits per heavy atom. The third-order valence-electron chi connectivity index (χ3n) is 2.86. The van der Waals surface area contributed by atoms with Crippen LogP contribution in [0.2, 0.25) is 0 Å². The molecule has 0 saturated heterocycles. The van der Waals surface area contributed by atoms with E-state index in [1.807, 2.05) is 35.1 Å². The van der Waals surface area contributed by atoms with Crippen LogP contribution in [0.5, 0.6) is 0 Å². The van der Waals surface area contributed by atoms with Crippen LogP contribution in [0.4, 0.5) is 5.82 Å². The summed E-state index contributed by atoms with van der Waals surface area (Å²) < 4.78 is 2.70. The zero-order valence-corrected chi connectivity index (χ0v) is 12.2. The zero-order valence-electron chi connectivity index (χ0n) is 10.6. The van der Waals surface area contributed by atoms with Crippen LogP contribution in [-0.4, -0.2) is 19.7 Å². The number of nitrogens with one attached hydrogen (secondary N) is 1. The predicted octanol–water partition coefficient (Wildman–Crippen LogP) is 3.04. The first-order valence-corrected chi connectivity index (χ1v) is 6.91. The lowest BCUT2D eigenvalue weighted by Crippen LogP contribution is -2.06. The highest BCUT2D eigenvalue weighted by molar-refractivity contribution is 9.10. The average molecular weight is 330 g/mol. The smallest absolute Gasteiger partial charge is 0.144 e. The van der Waals surface area contributed by atoms with E-state index >= 15 is 0 Å². The number of hydrogen-bond acceptors (Lipinski definition) is 4. The highest BCUT2D eigenvalue weighted by Gasteiger charge is 2.05. The summed E-state index contributed by atoms with van der Waals surface area (Å²) in [5.41, 5.74) is 2.19. The van der Waals surface area contributed by atoms with Crippen molar-refractivity contribution < 1.29 is 0 Å². The van der Waals surface area contributed by atoms with Crippen LogP contribution < -0.4 is 5.32 Å². The van der Waals surface area contributed by atoms with Gasteiger partial charge >= 0.3 is 0 Å². The standard InChI is InChI=1S/C14H12BrN5/c15-12-9-16-10-18-14(12)17-8-11-4-1-2-5-13(11)20-7-3-6-19-20/h1-7,9-10H,8H2,(H,16,17,18). The van der Waals surface area contributed by atoms with Gasteiger partial charge in [-0.2, -0.15) is 5.10 Å². The Bertz CT molecular complexity index is 696. The van der Waals surface area contributed by atoms with Crippen LogP contribution in [0, 0.1) is 0 Å². The Labute approximate surface area is 124 Å². The van der Waals surface area contributed by atoms with Crippen LogP contribution in [0.15, 0.2) is 59.7 Å². The minimum Gasteiger partial charge on any atom is -0.365 e. The Hall–Kier alpha value is -2.21. The first-order chi connectivity index (χ1) is 9.84. The number of hydrogen-bond donors (Lipinski definition) is 1. The maximum atomic E-state index is 4.27. The summed E-state index contributed by atoms with van der Waals surface area (Å²) in [6.07, 6.45) is 6.94. The van der Waals surface area contributed by atoms with Gasteiger partial charge in [0.2, 0.25) is 0 Å². The molecule has 0 radical (unpaired) electrons. The van der Waals surface area contributed by atoms with Gasteiger partial charge in [-0.05, 0) is 33.6 Å². The van der Waals surface area contributed by atoms with Crippen molar-refractivity contribution >= 4 is 21.7 Å². The van der Waals surface area contributed by atoms with Crippen LogP contribution in [0.25, 0.3) is 5.69 Å². The van der Waals surface area contributed by atoms with Gasteiger partial charge in [0.25, 0.3) is 0 Å². The lowest BCUT2D eigenvalue weighted by Gasteiger charge is -2.11. The molecule has 0 aliphatic rings. The fourth-order valence-corrected chi connectivity index (χ4v) is 2.28. The molecule has 0 amide bonds. The summed E-state index contributed by atoms with van der Waals surface area (Å²) in [5, 5.41) is 7.57. The first kappa shape index (κ1) is 12.8. The van der Waals surface area contributed by atoms with E-state index < -0.39 is 0 Å². The van der Waals surface area contributed by atoms with Gasteiger partial charge in [-0.1, -0.05) is 18.2 Å². The molecule has 0 bridgehead atoms. The number of benzene rings is 1.